The summed E-state index contributed by atoms with van der Waals surface area (Å²) in [6, 6.07) is 4.84. The number of hydrogen-bond acceptors (Lipinski definition) is 2. The predicted molar refractivity (Wildman–Crippen MR) is 62.4 cm³/mol. The Bertz CT molecular complexity index is 429. The molecule has 2 rings (SSSR count). The van der Waals surface area contributed by atoms with E-state index in [1.807, 2.05) is 6.07 Å². The van der Waals surface area contributed by atoms with Crippen molar-refractivity contribution in [2.45, 2.75) is 18.8 Å². The van der Waals surface area contributed by atoms with E-state index in [9.17, 15) is 9.18 Å². The van der Waals surface area contributed by atoms with Crippen molar-refractivity contribution in [1.82, 2.24) is 4.90 Å². The summed E-state index contributed by atoms with van der Waals surface area (Å²) in [7, 11) is 0. The zero-order valence-electron chi connectivity index (χ0n) is 9.40. The quantitative estimate of drug-likeness (QED) is 0.737. The number of carboxylic acid groups (broad SMARTS) is 1. The molecular weight excluding hydrogens is 223 g/mol. The fraction of sp³-hybridized carbons (Fsp3) is 0.417. The van der Waals surface area contributed by atoms with Gasteiger partial charge in [0.05, 0.1) is 5.69 Å². The zero-order valence-corrected chi connectivity index (χ0v) is 9.40. The Labute approximate surface area is 98.8 Å². The van der Waals surface area contributed by atoms with E-state index in [4.69, 9.17) is 10.8 Å². The highest BCUT2D eigenvalue weighted by Crippen LogP contribution is 2.29. The highest BCUT2D eigenvalue weighted by molar-refractivity contribution is 5.65. The molecule has 1 saturated heterocycles. The van der Waals surface area contributed by atoms with Crippen LogP contribution in [-0.4, -0.2) is 29.2 Å². The van der Waals surface area contributed by atoms with Crippen molar-refractivity contribution in [3.8, 4) is 0 Å². The number of rotatable bonds is 1. The lowest BCUT2D eigenvalue weighted by Gasteiger charge is -2.30. The summed E-state index contributed by atoms with van der Waals surface area (Å²) in [4.78, 5) is 12.1. The molecule has 0 unspecified atom stereocenters. The lowest BCUT2D eigenvalue weighted by atomic mass is 9.89. The van der Waals surface area contributed by atoms with Gasteiger partial charge in [0.15, 0.2) is 0 Å². The smallest absolute Gasteiger partial charge is 0.407 e. The molecule has 0 saturated carbocycles. The highest BCUT2D eigenvalue weighted by Gasteiger charge is 2.23. The van der Waals surface area contributed by atoms with Crippen molar-refractivity contribution in [1.29, 1.82) is 0 Å². The highest BCUT2D eigenvalue weighted by atomic mass is 19.1. The van der Waals surface area contributed by atoms with Crippen LogP contribution in [0.5, 0.6) is 0 Å². The van der Waals surface area contributed by atoms with Gasteiger partial charge < -0.3 is 15.7 Å². The first-order valence-electron chi connectivity index (χ1n) is 5.60. The van der Waals surface area contributed by atoms with Gasteiger partial charge in [-0.1, -0.05) is 6.07 Å². The van der Waals surface area contributed by atoms with E-state index in [0.717, 1.165) is 18.4 Å². The summed E-state index contributed by atoms with van der Waals surface area (Å²) in [6.45, 7) is 1.01. The number of nitrogens with zero attached hydrogens (tertiary/aromatic N) is 1. The summed E-state index contributed by atoms with van der Waals surface area (Å²) >= 11 is 0. The Morgan fingerprint density at radius 3 is 2.59 bits per heavy atom. The van der Waals surface area contributed by atoms with E-state index in [-0.39, 0.29) is 11.6 Å². The number of piperidine rings is 1. The molecule has 92 valence electrons. The first kappa shape index (κ1) is 11.7. The number of nitrogens with two attached hydrogens (primary N) is 1. The molecule has 0 aromatic heterocycles. The zero-order chi connectivity index (χ0) is 12.4. The van der Waals surface area contributed by atoms with E-state index in [0.29, 0.717) is 13.1 Å². The molecule has 0 spiro atoms. The van der Waals surface area contributed by atoms with E-state index in [1.54, 1.807) is 6.07 Å². The Hall–Kier alpha value is -1.78. The summed E-state index contributed by atoms with van der Waals surface area (Å²) < 4.78 is 13.3. The molecule has 1 aliphatic rings. The molecule has 1 fully saturated rings. The molecule has 3 N–H and O–H groups in total. The Morgan fingerprint density at radius 2 is 2.06 bits per heavy atom. The van der Waals surface area contributed by atoms with Crippen molar-refractivity contribution < 1.29 is 14.3 Å². The predicted octanol–water partition coefficient (Wildman–Crippen LogP) is 2.27. The molecular formula is C12H15FN2O2. The number of carbonyl (C=O) groups is 1. The van der Waals surface area contributed by atoms with Crippen molar-refractivity contribution in [2.24, 2.45) is 0 Å². The first-order valence-corrected chi connectivity index (χ1v) is 5.60. The summed E-state index contributed by atoms with van der Waals surface area (Å²) in [6.07, 6.45) is 0.581. The largest absolute Gasteiger partial charge is 0.465 e. The number of benzene rings is 1. The molecule has 1 aliphatic heterocycles. The van der Waals surface area contributed by atoms with Gasteiger partial charge in [0.2, 0.25) is 0 Å². The number of likely N-dealkylation sites (tertiary alicyclic amines) is 1. The Kier molecular flexibility index (Phi) is 3.17. The van der Waals surface area contributed by atoms with Crippen LogP contribution >= 0.6 is 0 Å². The monoisotopic (exact) mass is 238 g/mol. The minimum Gasteiger partial charge on any atom is -0.465 e. The molecule has 0 bridgehead atoms. The summed E-state index contributed by atoms with van der Waals surface area (Å²) in [5.41, 5.74) is 6.47. The fourth-order valence-corrected chi connectivity index (χ4v) is 2.20. The second-order valence-corrected chi connectivity index (χ2v) is 4.32. The molecule has 17 heavy (non-hydrogen) atoms. The van der Waals surface area contributed by atoms with Crippen LogP contribution in [0.4, 0.5) is 14.9 Å². The number of amides is 1. The van der Waals surface area contributed by atoms with E-state index < -0.39 is 11.9 Å². The third kappa shape index (κ3) is 2.49. The second kappa shape index (κ2) is 4.61. The van der Waals surface area contributed by atoms with Crippen LogP contribution in [0.25, 0.3) is 0 Å². The van der Waals surface area contributed by atoms with E-state index in [2.05, 4.69) is 0 Å². The number of hydrogen-bond donors (Lipinski definition) is 2. The van der Waals surface area contributed by atoms with Gasteiger partial charge >= 0.3 is 6.09 Å². The average Bonchev–Trinajstić information content (AvgIpc) is 2.33. The topological polar surface area (TPSA) is 66.6 Å². The normalized spacial score (nSPS) is 17.1. The van der Waals surface area contributed by atoms with Gasteiger partial charge in [0.25, 0.3) is 0 Å². The molecule has 1 amide bonds. The molecule has 0 aliphatic carbocycles. The molecule has 4 nitrogen and oxygen atoms in total. The van der Waals surface area contributed by atoms with Gasteiger partial charge in [-0.2, -0.15) is 0 Å². The Balaban J connectivity index is 2.05. The van der Waals surface area contributed by atoms with Gasteiger partial charge in [-0.3, -0.25) is 0 Å². The molecule has 0 radical (unpaired) electrons. The first-order chi connectivity index (χ1) is 8.08. The van der Waals surface area contributed by atoms with Crippen LogP contribution in [0.15, 0.2) is 18.2 Å². The number of nitrogen functional groups attached to an aromatic ring is 1. The minimum absolute atomic E-state index is 0.150. The third-order valence-corrected chi connectivity index (χ3v) is 3.26. The van der Waals surface area contributed by atoms with Gasteiger partial charge in [-0.25, -0.2) is 9.18 Å². The SMILES string of the molecule is Nc1ccc(C2CCN(C(=O)O)CC2)cc1F. The third-order valence-electron chi connectivity index (χ3n) is 3.26. The average molecular weight is 238 g/mol. The van der Waals surface area contributed by atoms with Gasteiger partial charge in [-0.15, -0.1) is 0 Å². The summed E-state index contributed by atoms with van der Waals surface area (Å²) in [5.74, 6) is -0.177. The van der Waals surface area contributed by atoms with Gasteiger partial charge in [-0.05, 0) is 36.5 Å². The molecule has 0 atom stereocenters. The lowest BCUT2D eigenvalue weighted by molar-refractivity contribution is 0.132. The Morgan fingerprint density at radius 1 is 1.41 bits per heavy atom. The van der Waals surface area contributed by atoms with Crippen molar-refractivity contribution in [3.05, 3.63) is 29.6 Å². The number of anilines is 1. The van der Waals surface area contributed by atoms with Crippen LogP contribution in [0.1, 0.15) is 24.3 Å². The van der Waals surface area contributed by atoms with Crippen molar-refractivity contribution in [3.63, 3.8) is 0 Å². The molecule has 1 aromatic carbocycles. The number of halogens is 1. The van der Waals surface area contributed by atoms with Crippen LogP contribution in [-0.2, 0) is 0 Å². The van der Waals surface area contributed by atoms with Crippen molar-refractivity contribution in [2.75, 3.05) is 18.8 Å². The van der Waals surface area contributed by atoms with Crippen LogP contribution < -0.4 is 5.73 Å². The second-order valence-electron chi connectivity index (χ2n) is 4.32. The standard InChI is InChI=1S/C12H15FN2O2/c13-10-7-9(1-2-11(10)14)8-3-5-15(6-4-8)12(16)17/h1-2,7-8H,3-6,14H2,(H,16,17). The molecule has 1 heterocycles. The van der Waals surface area contributed by atoms with E-state index in [1.165, 1.54) is 11.0 Å². The van der Waals surface area contributed by atoms with Gasteiger partial charge in [0.1, 0.15) is 5.82 Å². The fourth-order valence-electron chi connectivity index (χ4n) is 2.20. The maximum absolute atomic E-state index is 13.3. The summed E-state index contributed by atoms with van der Waals surface area (Å²) in [5, 5.41) is 8.82. The van der Waals surface area contributed by atoms with E-state index >= 15 is 0 Å². The molecule has 5 heteroatoms. The maximum atomic E-state index is 13.3. The maximum Gasteiger partial charge on any atom is 0.407 e. The molecule has 1 aromatic rings. The van der Waals surface area contributed by atoms with Crippen LogP contribution in [0.2, 0.25) is 0 Å². The van der Waals surface area contributed by atoms with Gasteiger partial charge in [0, 0.05) is 13.1 Å². The lowest BCUT2D eigenvalue weighted by Crippen LogP contribution is -2.36. The van der Waals surface area contributed by atoms with Crippen LogP contribution in [0.3, 0.4) is 0 Å². The van der Waals surface area contributed by atoms with Crippen molar-refractivity contribution >= 4 is 11.8 Å². The minimum atomic E-state index is -0.882. The van der Waals surface area contributed by atoms with Crippen LogP contribution in [0, 0.1) is 5.82 Å².